The lowest BCUT2D eigenvalue weighted by Gasteiger charge is -2.40. The minimum absolute atomic E-state index is 0.0712. The Balaban J connectivity index is 1.54. The first kappa shape index (κ1) is 21.6. The fourth-order valence-electron chi connectivity index (χ4n) is 4.72. The van der Waals surface area contributed by atoms with Crippen molar-refractivity contribution in [2.75, 3.05) is 31.5 Å². The Bertz CT molecular complexity index is 963. The van der Waals surface area contributed by atoms with Gasteiger partial charge in [-0.15, -0.1) is 0 Å². The molecule has 1 atom stereocenters. The van der Waals surface area contributed by atoms with Crippen LogP contribution in [0.4, 0.5) is 5.69 Å². The molecule has 2 heterocycles. The normalized spacial score (nSPS) is 19.7. The largest absolute Gasteiger partial charge is 0.341 e. The molecule has 0 aromatic heterocycles. The zero-order chi connectivity index (χ0) is 22.0. The van der Waals surface area contributed by atoms with Gasteiger partial charge >= 0.3 is 0 Å². The average Bonchev–Trinajstić information content (AvgIpc) is 2.76. The maximum atomic E-state index is 13.6. The van der Waals surface area contributed by atoms with E-state index < -0.39 is 0 Å². The van der Waals surface area contributed by atoms with Gasteiger partial charge in [-0.2, -0.15) is 0 Å². The molecule has 1 saturated heterocycles. The minimum Gasteiger partial charge on any atom is -0.341 e. The van der Waals surface area contributed by atoms with Crippen LogP contribution >= 0.6 is 0 Å². The van der Waals surface area contributed by atoms with Crippen molar-refractivity contribution in [1.82, 2.24) is 9.80 Å². The average molecular weight is 420 g/mol. The smallest absolute Gasteiger partial charge is 0.244 e. The van der Waals surface area contributed by atoms with Crippen molar-refractivity contribution in [3.63, 3.8) is 0 Å². The Labute approximate surface area is 185 Å². The molecule has 4 rings (SSSR count). The summed E-state index contributed by atoms with van der Waals surface area (Å²) in [5.74, 6) is 0.735. The van der Waals surface area contributed by atoms with Gasteiger partial charge in [0.1, 0.15) is 6.04 Å². The zero-order valence-corrected chi connectivity index (χ0v) is 18.9. The monoisotopic (exact) mass is 419 g/mol. The summed E-state index contributed by atoms with van der Waals surface area (Å²) in [7, 11) is 0. The topological polar surface area (TPSA) is 52.7 Å². The summed E-state index contributed by atoms with van der Waals surface area (Å²) in [6, 6.07) is 13.9. The number of nitrogens with one attached hydrogen (secondary N) is 1. The van der Waals surface area contributed by atoms with Gasteiger partial charge in [-0.25, -0.2) is 0 Å². The molecule has 0 radical (unpaired) electrons. The number of nitrogens with zero attached hydrogens (tertiary/aromatic N) is 2. The number of hydrogen-bond acceptors (Lipinski definition) is 3. The number of amides is 2. The molecule has 1 fully saturated rings. The van der Waals surface area contributed by atoms with Crippen LogP contribution < -0.4 is 5.32 Å². The number of hydrogen-bond donors (Lipinski definition) is 1. The van der Waals surface area contributed by atoms with Crippen molar-refractivity contribution in [1.29, 1.82) is 0 Å². The number of likely N-dealkylation sites (tertiary alicyclic amines) is 1. The van der Waals surface area contributed by atoms with Crippen molar-refractivity contribution in [2.45, 2.75) is 46.1 Å². The highest BCUT2D eigenvalue weighted by Gasteiger charge is 2.37. The lowest BCUT2D eigenvalue weighted by molar-refractivity contribution is -0.139. The number of benzene rings is 2. The summed E-state index contributed by atoms with van der Waals surface area (Å²) in [4.78, 5) is 30.7. The van der Waals surface area contributed by atoms with Crippen LogP contribution in [0.1, 0.15) is 48.1 Å². The predicted octanol–water partition coefficient (Wildman–Crippen LogP) is 4.10. The van der Waals surface area contributed by atoms with Gasteiger partial charge in [0.15, 0.2) is 0 Å². The van der Waals surface area contributed by atoms with Crippen LogP contribution in [0.15, 0.2) is 42.5 Å². The number of aryl methyl sites for hydroxylation is 2. The molecule has 2 aromatic rings. The molecule has 31 heavy (non-hydrogen) atoms. The highest BCUT2D eigenvalue weighted by Crippen LogP contribution is 2.32. The number of carbonyl (C=O) groups is 2. The van der Waals surface area contributed by atoms with Crippen LogP contribution in [0.5, 0.6) is 0 Å². The predicted molar refractivity (Wildman–Crippen MR) is 124 cm³/mol. The first-order chi connectivity index (χ1) is 14.9. The van der Waals surface area contributed by atoms with Gasteiger partial charge in [0, 0.05) is 25.3 Å². The highest BCUT2D eigenvalue weighted by molar-refractivity contribution is 5.94. The Morgan fingerprint density at radius 2 is 1.77 bits per heavy atom. The quantitative estimate of drug-likeness (QED) is 0.812. The maximum absolute atomic E-state index is 13.6. The van der Waals surface area contributed by atoms with E-state index in [2.05, 4.69) is 29.3 Å². The summed E-state index contributed by atoms with van der Waals surface area (Å²) in [5, 5.41) is 3.06. The van der Waals surface area contributed by atoms with Gasteiger partial charge in [-0.05, 0) is 67.3 Å². The molecule has 2 aliphatic rings. The van der Waals surface area contributed by atoms with Crippen molar-refractivity contribution >= 4 is 17.5 Å². The van der Waals surface area contributed by atoms with Crippen LogP contribution in [-0.4, -0.2) is 47.8 Å². The van der Waals surface area contributed by atoms with E-state index >= 15 is 0 Å². The first-order valence-corrected chi connectivity index (χ1v) is 11.4. The summed E-state index contributed by atoms with van der Waals surface area (Å²) >= 11 is 0. The molecule has 2 amide bonds. The molecule has 2 aromatic carbocycles. The molecule has 0 aliphatic carbocycles. The first-order valence-electron chi connectivity index (χ1n) is 11.4. The van der Waals surface area contributed by atoms with E-state index in [1.54, 1.807) is 0 Å². The van der Waals surface area contributed by atoms with Crippen LogP contribution in [0, 0.1) is 19.8 Å². The fourth-order valence-corrected chi connectivity index (χ4v) is 4.72. The SMILES string of the molecule is Cc1ccc(C)c(NC(=O)CN2CCc3ccccc3[C@H]2C(=O)N2CCC(C)CC2)c1. The lowest BCUT2D eigenvalue weighted by atomic mass is 9.90. The molecule has 1 N–H and O–H groups in total. The van der Waals surface area contributed by atoms with Gasteiger partial charge in [0.2, 0.25) is 11.8 Å². The standard InChI is InChI=1S/C26H33N3O2/c1-18-10-13-28(14-11-18)26(31)25-22-7-5-4-6-21(22)12-15-29(25)17-24(30)27-23-16-19(2)8-9-20(23)3/h4-9,16,18,25H,10-15,17H2,1-3H3,(H,27,30)/t25-/m0/s1. The number of anilines is 1. The minimum atomic E-state index is -0.386. The third kappa shape index (κ3) is 4.82. The van der Waals surface area contributed by atoms with E-state index in [0.717, 1.165) is 54.7 Å². The molecule has 164 valence electrons. The number of fused-ring (bicyclic) bond motifs is 1. The van der Waals surface area contributed by atoms with Crippen molar-refractivity contribution in [3.05, 3.63) is 64.7 Å². The molecular formula is C26H33N3O2. The summed E-state index contributed by atoms with van der Waals surface area (Å²) in [6.45, 7) is 8.80. The van der Waals surface area contributed by atoms with Crippen molar-refractivity contribution in [2.24, 2.45) is 5.92 Å². The van der Waals surface area contributed by atoms with E-state index in [1.807, 2.05) is 49.1 Å². The number of piperidine rings is 1. The van der Waals surface area contributed by atoms with Crippen LogP contribution in [0.25, 0.3) is 0 Å². The van der Waals surface area contributed by atoms with E-state index in [-0.39, 0.29) is 24.4 Å². The molecule has 0 spiro atoms. The second-order valence-corrected chi connectivity index (χ2v) is 9.20. The summed E-state index contributed by atoms with van der Waals surface area (Å²) < 4.78 is 0. The Hall–Kier alpha value is -2.66. The maximum Gasteiger partial charge on any atom is 0.244 e. The Morgan fingerprint density at radius 3 is 2.55 bits per heavy atom. The van der Waals surface area contributed by atoms with Crippen molar-refractivity contribution < 1.29 is 9.59 Å². The molecule has 5 nitrogen and oxygen atoms in total. The number of rotatable bonds is 4. The molecule has 0 saturated carbocycles. The summed E-state index contributed by atoms with van der Waals surface area (Å²) in [6.07, 6.45) is 2.95. The second-order valence-electron chi connectivity index (χ2n) is 9.20. The van der Waals surface area contributed by atoms with Gasteiger partial charge < -0.3 is 10.2 Å². The molecule has 0 unspecified atom stereocenters. The molecule has 2 aliphatic heterocycles. The van der Waals surface area contributed by atoms with E-state index in [4.69, 9.17) is 0 Å². The number of carbonyl (C=O) groups excluding carboxylic acids is 2. The van der Waals surface area contributed by atoms with Gasteiger partial charge in [0.05, 0.1) is 6.54 Å². The van der Waals surface area contributed by atoms with Gasteiger partial charge in [-0.1, -0.05) is 43.3 Å². The van der Waals surface area contributed by atoms with Crippen LogP contribution in [0.3, 0.4) is 0 Å². The zero-order valence-electron chi connectivity index (χ0n) is 18.9. The van der Waals surface area contributed by atoms with Gasteiger partial charge in [0.25, 0.3) is 0 Å². The highest BCUT2D eigenvalue weighted by atomic mass is 16.2. The Kier molecular flexibility index (Phi) is 6.42. The second kappa shape index (κ2) is 9.23. The fraction of sp³-hybridized carbons (Fsp3) is 0.462. The van der Waals surface area contributed by atoms with Crippen LogP contribution in [-0.2, 0) is 16.0 Å². The third-order valence-electron chi connectivity index (χ3n) is 6.73. The molecule has 5 heteroatoms. The molecular weight excluding hydrogens is 386 g/mol. The molecule has 0 bridgehead atoms. The van der Waals surface area contributed by atoms with Crippen LogP contribution in [0.2, 0.25) is 0 Å². The third-order valence-corrected chi connectivity index (χ3v) is 6.73. The van der Waals surface area contributed by atoms with Gasteiger partial charge in [-0.3, -0.25) is 14.5 Å². The Morgan fingerprint density at radius 1 is 1.03 bits per heavy atom. The lowest BCUT2D eigenvalue weighted by Crippen LogP contribution is -2.50. The summed E-state index contributed by atoms with van der Waals surface area (Å²) in [5.41, 5.74) is 5.27. The van der Waals surface area contributed by atoms with E-state index in [9.17, 15) is 9.59 Å². The van der Waals surface area contributed by atoms with Crippen molar-refractivity contribution in [3.8, 4) is 0 Å². The van der Waals surface area contributed by atoms with E-state index in [0.29, 0.717) is 12.5 Å². The van der Waals surface area contributed by atoms with E-state index in [1.165, 1.54) is 5.56 Å².